The summed E-state index contributed by atoms with van der Waals surface area (Å²) in [5.74, 6) is 1.37. The van der Waals surface area contributed by atoms with Crippen LogP contribution in [-0.2, 0) is 0 Å². The summed E-state index contributed by atoms with van der Waals surface area (Å²) in [6.45, 7) is 5.18. The fraction of sp³-hybridized carbons (Fsp3) is 0.333. The molecule has 2 aromatic rings. The topological polar surface area (TPSA) is 60.5 Å². The van der Waals surface area contributed by atoms with Gasteiger partial charge in [-0.05, 0) is 35.7 Å². The molecule has 1 aromatic heterocycles. The Morgan fingerprint density at radius 3 is 2.62 bits per heavy atom. The number of pyridine rings is 1. The maximum Gasteiger partial charge on any atom is 0.270 e. The summed E-state index contributed by atoms with van der Waals surface area (Å²) in [6, 6.07) is 8.77. The van der Waals surface area contributed by atoms with Gasteiger partial charge in [0.25, 0.3) is 5.91 Å². The van der Waals surface area contributed by atoms with E-state index >= 15 is 0 Å². The van der Waals surface area contributed by atoms with Crippen molar-refractivity contribution in [2.24, 2.45) is 5.92 Å². The predicted octanol–water partition coefficient (Wildman–Crippen LogP) is 3.63. The average Bonchev–Trinajstić information content (AvgIpc) is 2.58. The van der Waals surface area contributed by atoms with Gasteiger partial charge in [0.2, 0.25) is 0 Å². The molecule has 1 aromatic carbocycles. The molecule has 24 heavy (non-hydrogen) atoms. The van der Waals surface area contributed by atoms with Crippen molar-refractivity contribution < 1.29 is 14.3 Å². The van der Waals surface area contributed by atoms with Gasteiger partial charge in [-0.2, -0.15) is 0 Å². The van der Waals surface area contributed by atoms with Crippen molar-refractivity contribution in [2.45, 2.75) is 19.9 Å². The number of carbonyl (C=O) groups excluding carboxylic acids is 1. The molecule has 0 spiro atoms. The second kappa shape index (κ2) is 7.09. The van der Waals surface area contributed by atoms with Crippen molar-refractivity contribution in [3.05, 3.63) is 52.8 Å². The Hall–Kier alpha value is -2.27. The predicted molar refractivity (Wildman–Crippen MR) is 91.7 cm³/mol. The first kappa shape index (κ1) is 16.6. The molecule has 5 nitrogen and oxygen atoms in total. The van der Waals surface area contributed by atoms with Crippen molar-refractivity contribution in [1.82, 2.24) is 10.3 Å². The van der Waals surface area contributed by atoms with E-state index in [1.54, 1.807) is 12.1 Å². The van der Waals surface area contributed by atoms with E-state index in [1.165, 1.54) is 6.20 Å². The van der Waals surface area contributed by atoms with Crippen LogP contribution in [0.15, 0.2) is 36.5 Å². The third-order valence-electron chi connectivity index (χ3n) is 3.83. The van der Waals surface area contributed by atoms with Gasteiger partial charge in [-0.15, -0.1) is 0 Å². The van der Waals surface area contributed by atoms with Gasteiger partial charge in [0.1, 0.15) is 18.9 Å². The number of amides is 1. The molecular weight excluding hydrogens is 328 g/mol. The largest absolute Gasteiger partial charge is 0.486 e. The third-order valence-corrected chi connectivity index (χ3v) is 4.07. The van der Waals surface area contributed by atoms with E-state index in [2.05, 4.69) is 10.3 Å². The summed E-state index contributed by atoms with van der Waals surface area (Å²) in [6.07, 6.45) is 1.52. The van der Waals surface area contributed by atoms with Crippen LogP contribution in [0, 0.1) is 5.92 Å². The number of nitrogens with zero attached hydrogens (tertiary/aromatic N) is 1. The van der Waals surface area contributed by atoms with E-state index in [4.69, 9.17) is 21.1 Å². The highest BCUT2D eigenvalue weighted by Gasteiger charge is 2.22. The van der Waals surface area contributed by atoms with Crippen LogP contribution in [0.25, 0.3) is 0 Å². The Balaban J connectivity index is 1.83. The number of halogens is 1. The van der Waals surface area contributed by atoms with Crippen molar-refractivity contribution in [3.8, 4) is 11.5 Å². The smallest absolute Gasteiger partial charge is 0.270 e. The van der Waals surface area contributed by atoms with Crippen LogP contribution < -0.4 is 14.8 Å². The second-order valence-corrected chi connectivity index (χ2v) is 6.39. The van der Waals surface area contributed by atoms with Crippen molar-refractivity contribution >= 4 is 17.5 Å². The number of hydrogen-bond donors (Lipinski definition) is 1. The lowest BCUT2D eigenvalue weighted by atomic mass is 9.95. The number of aromatic nitrogens is 1. The summed E-state index contributed by atoms with van der Waals surface area (Å²) in [5, 5.41) is 3.51. The van der Waals surface area contributed by atoms with Crippen LogP contribution in [0.1, 0.15) is 35.9 Å². The van der Waals surface area contributed by atoms with Crippen LogP contribution in [0.3, 0.4) is 0 Å². The van der Waals surface area contributed by atoms with Gasteiger partial charge in [-0.3, -0.25) is 9.78 Å². The van der Waals surface area contributed by atoms with Crippen molar-refractivity contribution in [1.29, 1.82) is 0 Å². The minimum atomic E-state index is -0.258. The maximum absolute atomic E-state index is 12.5. The van der Waals surface area contributed by atoms with Gasteiger partial charge in [0, 0.05) is 11.2 Å². The second-order valence-electron chi connectivity index (χ2n) is 5.96. The molecule has 1 N–H and O–H groups in total. The molecule has 6 heteroatoms. The summed E-state index contributed by atoms with van der Waals surface area (Å²) >= 11 is 5.93. The zero-order valence-corrected chi connectivity index (χ0v) is 14.3. The highest BCUT2D eigenvalue weighted by atomic mass is 35.5. The van der Waals surface area contributed by atoms with Gasteiger partial charge < -0.3 is 14.8 Å². The Labute approximate surface area is 145 Å². The van der Waals surface area contributed by atoms with E-state index in [0.29, 0.717) is 29.7 Å². The van der Waals surface area contributed by atoms with Crippen LogP contribution in [0.2, 0.25) is 5.02 Å². The number of carbonyl (C=O) groups is 1. The fourth-order valence-corrected chi connectivity index (χ4v) is 2.79. The monoisotopic (exact) mass is 346 g/mol. The molecule has 0 radical (unpaired) electrons. The molecule has 1 aliphatic heterocycles. The SMILES string of the molecule is CC(C)[C@@H](NC(=O)c1cc(Cl)ccn1)c1ccc2c(c1)OCCO2. The van der Waals surface area contributed by atoms with Gasteiger partial charge >= 0.3 is 0 Å². The molecule has 0 saturated carbocycles. The van der Waals surface area contributed by atoms with Gasteiger partial charge in [-0.1, -0.05) is 31.5 Å². The first-order valence-corrected chi connectivity index (χ1v) is 8.24. The Morgan fingerprint density at radius 1 is 1.17 bits per heavy atom. The lowest BCUT2D eigenvalue weighted by Crippen LogP contribution is -2.32. The van der Waals surface area contributed by atoms with Crippen LogP contribution in [0.5, 0.6) is 11.5 Å². The molecule has 1 aliphatic rings. The number of fused-ring (bicyclic) bond motifs is 1. The molecular formula is C18H19ClN2O3. The molecule has 0 aliphatic carbocycles. The standard InChI is InChI=1S/C18H19ClN2O3/c1-11(2)17(21-18(22)14-10-13(19)5-6-20-14)12-3-4-15-16(9-12)24-8-7-23-15/h3-6,9-11,17H,7-8H2,1-2H3,(H,21,22)/t17-/m1/s1. The summed E-state index contributed by atoms with van der Waals surface area (Å²) in [4.78, 5) is 16.6. The molecule has 0 unspecified atom stereocenters. The Bertz CT molecular complexity index is 749. The highest BCUT2D eigenvalue weighted by Crippen LogP contribution is 2.34. The number of benzene rings is 1. The summed E-state index contributed by atoms with van der Waals surface area (Å²) in [5.41, 5.74) is 1.26. The quantitative estimate of drug-likeness (QED) is 0.918. The van der Waals surface area contributed by atoms with Crippen molar-refractivity contribution in [2.75, 3.05) is 13.2 Å². The molecule has 3 rings (SSSR count). The minimum Gasteiger partial charge on any atom is -0.486 e. The zero-order chi connectivity index (χ0) is 17.1. The van der Waals surface area contributed by atoms with Gasteiger partial charge in [0.15, 0.2) is 11.5 Å². The third kappa shape index (κ3) is 3.62. The van der Waals surface area contributed by atoms with Gasteiger partial charge in [-0.25, -0.2) is 0 Å². The van der Waals surface area contributed by atoms with E-state index in [9.17, 15) is 4.79 Å². The fourth-order valence-electron chi connectivity index (χ4n) is 2.63. The van der Waals surface area contributed by atoms with E-state index in [1.807, 2.05) is 32.0 Å². The molecule has 126 valence electrons. The number of hydrogen-bond acceptors (Lipinski definition) is 4. The molecule has 0 fully saturated rings. The molecule has 0 saturated heterocycles. The highest BCUT2D eigenvalue weighted by molar-refractivity contribution is 6.30. The van der Waals surface area contributed by atoms with E-state index in [0.717, 1.165) is 11.3 Å². The average molecular weight is 347 g/mol. The maximum atomic E-state index is 12.5. The van der Waals surface area contributed by atoms with Crippen LogP contribution >= 0.6 is 11.6 Å². The zero-order valence-electron chi connectivity index (χ0n) is 13.6. The number of nitrogens with one attached hydrogen (secondary N) is 1. The summed E-state index contributed by atoms with van der Waals surface area (Å²) < 4.78 is 11.2. The molecule has 0 bridgehead atoms. The molecule has 2 heterocycles. The minimum absolute atomic E-state index is 0.172. The molecule has 1 amide bonds. The van der Waals surface area contributed by atoms with Crippen LogP contribution in [-0.4, -0.2) is 24.1 Å². The molecule has 1 atom stereocenters. The number of rotatable bonds is 4. The van der Waals surface area contributed by atoms with E-state index < -0.39 is 0 Å². The lowest BCUT2D eigenvalue weighted by Gasteiger charge is -2.25. The summed E-state index contributed by atoms with van der Waals surface area (Å²) in [7, 11) is 0. The van der Waals surface area contributed by atoms with Crippen LogP contribution in [0.4, 0.5) is 0 Å². The normalized spacial score (nSPS) is 14.3. The lowest BCUT2D eigenvalue weighted by molar-refractivity contribution is 0.0920. The van der Waals surface area contributed by atoms with E-state index in [-0.39, 0.29) is 17.9 Å². The van der Waals surface area contributed by atoms with Crippen molar-refractivity contribution in [3.63, 3.8) is 0 Å². The Kier molecular flexibility index (Phi) is 4.90. The van der Waals surface area contributed by atoms with Gasteiger partial charge in [0.05, 0.1) is 6.04 Å². The first-order chi connectivity index (χ1) is 11.5. The number of ether oxygens (including phenoxy) is 2. The first-order valence-electron chi connectivity index (χ1n) is 7.86. The Morgan fingerprint density at radius 2 is 1.92 bits per heavy atom.